The number of rotatable bonds is 4. The lowest BCUT2D eigenvalue weighted by molar-refractivity contribution is -0.139. The summed E-state index contributed by atoms with van der Waals surface area (Å²) in [4.78, 5) is 24.1. The van der Waals surface area contributed by atoms with Crippen LogP contribution in [0, 0.1) is 5.82 Å². The van der Waals surface area contributed by atoms with E-state index in [-0.39, 0.29) is 12.0 Å². The predicted octanol–water partition coefficient (Wildman–Crippen LogP) is 1.64. The van der Waals surface area contributed by atoms with Crippen molar-refractivity contribution in [2.24, 2.45) is 0 Å². The molecule has 1 aromatic carbocycles. The third kappa shape index (κ3) is 3.27. The van der Waals surface area contributed by atoms with Crippen LogP contribution in [0.4, 0.5) is 10.1 Å². The first kappa shape index (κ1) is 13.2. The van der Waals surface area contributed by atoms with E-state index >= 15 is 0 Å². The van der Waals surface area contributed by atoms with Crippen LogP contribution in [-0.4, -0.2) is 33.0 Å². The summed E-state index contributed by atoms with van der Waals surface area (Å²) in [5, 5.41) is 0. The molecule has 0 aliphatic heterocycles. The Morgan fingerprint density at radius 3 is 2.47 bits per heavy atom. The summed E-state index contributed by atoms with van der Waals surface area (Å²) in [7, 11) is 4.61. The highest BCUT2D eigenvalue weighted by Crippen LogP contribution is 2.19. The molecule has 0 saturated carbocycles. The van der Waals surface area contributed by atoms with Crippen molar-refractivity contribution in [3.8, 4) is 0 Å². The van der Waals surface area contributed by atoms with Gasteiger partial charge in [-0.05, 0) is 18.2 Å². The van der Waals surface area contributed by atoms with Crippen LogP contribution in [0.25, 0.3) is 0 Å². The summed E-state index contributed by atoms with van der Waals surface area (Å²) in [6.07, 6.45) is -0.378. The van der Waals surface area contributed by atoms with Gasteiger partial charge in [-0.2, -0.15) is 0 Å². The number of ether oxygens (including phenoxy) is 1. The number of ketones is 1. The highest BCUT2D eigenvalue weighted by Gasteiger charge is 2.14. The number of benzene rings is 1. The van der Waals surface area contributed by atoms with E-state index in [1.54, 1.807) is 19.0 Å². The van der Waals surface area contributed by atoms with Gasteiger partial charge >= 0.3 is 5.97 Å². The summed E-state index contributed by atoms with van der Waals surface area (Å²) in [5.41, 5.74) is 0.554. The van der Waals surface area contributed by atoms with Crippen molar-refractivity contribution in [1.29, 1.82) is 0 Å². The van der Waals surface area contributed by atoms with E-state index in [1.165, 1.54) is 19.2 Å². The van der Waals surface area contributed by atoms with Crippen LogP contribution in [0.15, 0.2) is 18.2 Å². The molecule has 1 aromatic rings. The van der Waals surface area contributed by atoms with Gasteiger partial charge in [0.05, 0.1) is 12.8 Å². The molecular formula is C12H14FNO3. The Bertz CT molecular complexity index is 443. The summed E-state index contributed by atoms with van der Waals surface area (Å²) < 4.78 is 17.9. The van der Waals surface area contributed by atoms with E-state index in [1.807, 2.05) is 0 Å². The average Bonchev–Trinajstić information content (AvgIpc) is 2.28. The molecule has 0 N–H and O–H groups in total. The topological polar surface area (TPSA) is 46.6 Å². The number of hydrogen-bond donors (Lipinski definition) is 0. The quantitative estimate of drug-likeness (QED) is 0.455. The SMILES string of the molecule is COC(=O)CC(=O)c1ccc(N(C)C)c(F)c1. The molecule has 0 aliphatic rings. The molecule has 0 fully saturated rings. The molecule has 92 valence electrons. The molecule has 0 aromatic heterocycles. The first-order valence-corrected chi connectivity index (χ1v) is 5.02. The summed E-state index contributed by atoms with van der Waals surface area (Å²) in [5.74, 6) is -1.58. The van der Waals surface area contributed by atoms with Crippen molar-refractivity contribution in [3.05, 3.63) is 29.6 Å². The van der Waals surface area contributed by atoms with Gasteiger partial charge in [-0.15, -0.1) is 0 Å². The minimum absolute atomic E-state index is 0.165. The fourth-order valence-corrected chi connectivity index (χ4v) is 1.35. The molecule has 17 heavy (non-hydrogen) atoms. The van der Waals surface area contributed by atoms with Crippen LogP contribution >= 0.6 is 0 Å². The van der Waals surface area contributed by atoms with Crippen LogP contribution in [0.2, 0.25) is 0 Å². The molecule has 5 heteroatoms. The van der Waals surface area contributed by atoms with E-state index in [2.05, 4.69) is 4.74 Å². The second-order valence-electron chi connectivity index (χ2n) is 3.74. The Labute approximate surface area is 99.0 Å². The molecular weight excluding hydrogens is 225 g/mol. The number of carbonyl (C=O) groups is 2. The standard InChI is InChI=1S/C12H14FNO3/c1-14(2)10-5-4-8(6-9(10)13)11(15)7-12(16)17-3/h4-6H,7H2,1-3H3. The maximum atomic E-state index is 13.6. The number of nitrogens with zero attached hydrogens (tertiary/aromatic N) is 1. The Hall–Kier alpha value is -1.91. The van der Waals surface area contributed by atoms with Gasteiger partial charge in [0, 0.05) is 19.7 Å². The molecule has 0 unspecified atom stereocenters. The fourth-order valence-electron chi connectivity index (χ4n) is 1.35. The van der Waals surface area contributed by atoms with E-state index in [0.717, 1.165) is 6.07 Å². The molecule has 0 saturated heterocycles. The number of methoxy groups -OCH3 is 1. The first-order valence-electron chi connectivity index (χ1n) is 5.02. The molecule has 0 atom stereocenters. The molecule has 0 aliphatic carbocycles. The average molecular weight is 239 g/mol. The van der Waals surface area contributed by atoms with Crippen molar-refractivity contribution in [3.63, 3.8) is 0 Å². The van der Waals surface area contributed by atoms with Crippen molar-refractivity contribution >= 4 is 17.4 Å². The molecule has 0 bridgehead atoms. The van der Waals surface area contributed by atoms with Gasteiger partial charge < -0.3 is 9.64 Å². The largest absolute Gasteiger partial charge is 0.469 e. The third-order valence-corrected chi connectivity index (χ3v) is 2.28. The van der Waals surface area contributed by atoms with E-state index in [0.29, 0.717) is 5.69 Å². The van der Waals surface area contributed by atoms with E-state index < -0.39 is 17.6 Å². The Balaban J connectivity index is 2.90. The minimum atomic E-state index is -0.632. The molecule has 0 amide bonds. The minimum Gasteiger partial charge on any atom is -0.469 e. The van der Waals surface area contributed by atoms with Gasteiger partial charge in [-0.1, -0.05) is 0 Å². The number of Topliss-reactive ketones (excluding diaryl/α,β-unsaturated/α-hetero) is 1. The second kappa shape index (κ2) is 5.43. The van der Waals surface area contributed by atoms with Crippen LogP contribution in [0.1, 0.15) is 16.8 Å². The maximum absolute atomic E-state index is 13.6. The van der Waals surface area contributed by atoms with Crippen LogP contribution in [0.5, 0.6) is 0 Å². The number of hydrogen-bond acceptors (Lipinski definition) is 4. The van der Waals surface area contributed by atoms with Crippen molar-refractivity contribution in [2.75, 3.05) is 26.1 Å². The van der Waals surface area contributed by atoms with E-state index in [9.17, 15) is 14.0 Å². The summed E-state index contributed by atoms with van der Waals surface area (Å²) >= 11 is 0. The number of carbonyl (C=O) groups excluding carboxylic acids is 2. The van der Waals surface area contributed by atoms with Crippen LogP contribution < -0.4 is 4.90 Å². The fraction of sp³-hybridized carbons (Fsp3) is 0.333. The number of anilines is 1. The smallest absolute Gasteiger partial charge is 0.313 e. The zero-order valence-corrected chi connectivity index (χ0v) is 9.99. The van der Waals surface area contributed by atoms with Crippen molar-refractivity contribution in [2.45, 2.75) is 6.42 Å². The van der Waals surface area contributed by atoms with Gasteiger partial charge in [0.2, 0.25) is 0 Å². The second-order valence-corrected chi connectivity index (χ2v) is 3.74. The third-order valence-electron chi connectivity index (χ3n) is 2.28. The van der Waals surface area contributed by atoms with Gasteiger partial charge in [-0.3, -0.25) is 9.59 Å². The van der Waals surface area contributed by atoms with Gasteiger partial charge in [0.25, 0.3) is 0 Å². The number of esters is 1. The molecule has 0 spiro atoms. The lowest BCUT2D eigenvalue weighted by atomic mass is 10.1. The van der Waals surface area contributed by atoms with Gasteiger partial charge in [-0.25, -0.2) is 4.39 Å². The van der Waals surface area contributed by atoms with Gasteiger partial charge in [0.1, 0.15) is 12.2 Å². The molecule has 1 rings (SSSR count). The normalized spacial score (nSPS) is 9.88. The lowest BCUT2D eigenvalue weighted by Gasteiger charge is -2.13. The predicted molar refractivity (Wildman–Crippen MR) is 61.7 cm³/mol. The van der Waals surface area contributed by atoms with Crippen molar-refractivity contribution < 1.29 is 18.7 Å². The Morgan fingerprint density at radius 2 is 2.00 bits per heavy atom. The highest BCUT2D eigenvalue weighted by atomic mass is 19.1. The first-order chi connectivity index (χ1) is 7.95. The maximum Gasteiger partial charge on any atom is 0.313 e. The highest BCUT2D eigenvalue weighted by molar-refractivity contribution is 6.06. The lowest BCUT2D eigenvalue weighted by Crippen LogP contribution is -2.13. The molecule has 0 radical (unpaired) electrons. The zero-order chi connectivity index (χ0) is 13.0. The monoisotopic (exact) mass is 239 g/mol. The van der Waals surface area contributed by atoms with Crippen LogP contribution in [-0.2, 0) is 9.53 Å². The summed E-state index contributed by atoms with van der Waals surface area (Å²) in [6, 6.07) is 4.12. The summed E-state index contributed by atoms with van der Waals surface area (Å²) in [6.45, 7) is 0. The molecule has 4 nitrogen and oxygen atoms in total. The van der Waals surface area contributed by atoms with Gasteiger partial charge in [0.15, 0.2) is 5.78 Å². The number of halogens is 1. The Morgan fingerprint density at radius 1 is 1.35 bits per heavy atom. The van der Waals surface area contributed by atoms with E-state index in [4.69, 9.17) is 0 Å². The van der Waals surface area contributed by atoms with Crippen molar-refractivity contribution in [1.82, 2.24) is 0 Å². The van der Waals surface area contributed by atoms with Crippen LogP contribution in [0.3, 0.4) is 0 Å². The Kier molecular flexibility index (Phi) is 4.20. The zero-order valence-electron chi connectivity index (χ0n) is 9.99. The molecule has 0 heterocycles.